The van der Waals surface area contributed by atoms with Crippen molar-refractivity contribution < 1.29 is 14.2 Å². The smallest absolute Gasteiger partial charge is 0.161 e. The standard InChI is InChI=1S/C15H23NO3/c1-16-8-7-12-5-6-14(17-2)15(10-12)19-13-4-3-9-18-11-13/h5-6,10,13,16H,3-4,7-9,11H2,1-2H3. The molecule has 19 heavy (non-hydrogen) atoms. The van der Waals surface area contributed by atoms with E-state index >= 15 is 0 Å². The van der Waals surface area contributed by atoms with Crippen LogP contribution >= 0.6 is 0 Å². The number of ether oxygens (including phenoxy) is 3. The summed E-state index contributed by atoms with van der Waals surface area (Å²) >= 11 is 0. The predicted molar refractivity (Wildman–Crippen MR) is 75.1 cm³/mol. The van der Waals surface area contributed by atoms with Crippen LogP contribution in [-0.2, 0) is 11.2 Å². The van der Waals surface area contributed by atoms with Gasteiger partial charge in [-0.25, -0.2) is 0 Å². The van der Waals surface area contributed by atoms with Gasteiger partial charge in [-0.15, -0.1) is 0 Å². The molecule has 1 aliphatic heterocycles. The second-order valence-corrected chi connectivity index (χ2v) is 4.80. The maximum absolute atomic E-state index is 6.03. The summed E-state index contributed by atoms with van der Waals surface area (Å²) in [6.07, 6.45) is 3.23. The summed E-state index contributed by atoms with van der Waals surface area (Å²) in [6.45, 7) is 2.47. The van der Waals surface area contributed by atoms with Gasteiger partial charge >= 0.3 is 0 Å². The van der Waals surface area contributed by atoms with Crippen molar-refractivity contribution >= 4 is 0 Å². The molecule has 1 aliphatic rings. The first-order valence-corrected chi connectivity index (χ1v) is 6.89. The zero-order valence-electron chi connectivity index (χ0n) is 11.8. The van der Waals surface area contributed by atoms with E-state index in [9.17, 15) is 0 Å². The van der Waals surface area contributed by atoms with E-state index in [1.807, 2.05) is 13.1 Å². The van der Waals surface area contributed by atoms with Gasteiger partial charge in [0.25, 0.3) is 0 Å². The number of hydrogen-bond donors (Lipinski definition) is 1. The molecule has 0 saturated carbocycles. The molecular weight excluding hydrogens is 242 g/mol. The Labute approximate surface area is 115 Å². The van der Waals surface area contributed by atoms with Crippen LogP contribution in [-0.4, -0.2) is 40.0 Å². The van der Waals surface area contributed by atoms with Gasteiger partial charge < -0.3 is 19.5 Å². The first-order chi connectivity index (χ1) is 9.33. The number of methoxy groups -OCH3 is 1. The third-order valence-corrected chi connectivity index (χ3v) is 3.30. The molecule has 1 N–H and O–H groups in total. The largest absolute Gasteiger partial charge is 0.493 e. The van der Waals surface area contributed by atoms with Gasteiger partial charge in [0, 0.05) is 6.61 Å². The van der Waals surface area contributed by atoms with E-state index in [1.165, 1.54) is 5.56 Å². The van der Waals surface area contributed by atoms with Crippen LogP contribution in [0.4, 0.5) is 0 Å². The molecule has 0 amide bonds. The lowest BCUT2D eigenvalue weighted by Gasteiger charge is -2.24. The van der Waals surface area contributed by atoms with Crippen molar-refractivity contribution in [3.63, 3.8) is 0 Å². The Kier molecular flexibility index (Phi) is 5.48. The Morgan fingerprint density at radius 1 is 1.37 bits per heavy atom. The molecule has 0 spiro atoms. The van der Waals surface area contributed by atoms with Crippen molar-refractivity contribution in [2.75, 3.05) is 33.9 Å². The van der Waals surface area contributed by atoms with E-state index in [2.05, 4.69) is 17.4 Å². The van der Waals surface area contributed by atoms with E-state index in [0.717, 1.165) is 43.9 Å². The number of nitrogens with one attached hydrogen (secondary N) is 1. The van der Waals surface area contributed by atoms with E-state index in [0.29, 0.717) is 6.61 Å². The highest BCUT2D eigenvalue weighted by Crippen LogP contribution is 2.30. The van der Waals surface area contributed by atoms with Crippen LogP contribution in [0.15, 0.2) is 18.2 Å². The summed E-state index contributed by atoms with van der Waals surface area (Å²) in [6, 6.07) is 6.13. The summed E-state index contributed by atoms with van der Waals surface area (Å²) in [5.41, 5.74) is 1.25. The molecule has 0 aliphatic carbocycles. The van der Waals surface area contributed by atoms with Crippen molar-refractivity contribution in [2.45, 2.75) is 25.4 Å². The lowest BCUT2D eigenvalue weighted by atomic mass is 10.1. The Morgan fingerprint density at radius 2 is 2.26 bits per heavy atom. The minimum atomic E-state index is 0.141. The second-order valence-electron chi connectivity index (χ2n) is 4.80. The zero-order valence-corrected chi connectivity index (χ0v) is 11.8. The summed E-state index contributed by atoms with van der Waals surface area (Å²) in [5.74, 6) is 1.62. The van der Waals surface area contributed by atoms with Gasteiger partial charge in [-0.3, -0.25) is 0 Å². The molecule has 106 valence electrons. The lowest BCUT2D eigenvalue weighted by Crippen LogP contribution is -2.28. The van der Waals surface area contributed by atoms with Crippen LogP contribution in [0.3, 0.4) is 0 Å². The van der Waals surface area contributed by atoms with Crippen molar-refractivity contribution in [1.29, 1.82) is 0 Å². The summed E-state index contributed by atoms with van der Waals surface area (Å²) in [5, 5.41) is 3.15. The average molecular weight is 265 g/mol. The van der Waals surface area contributed by atoms with Crippen LogP contribution < -0.4 is 14.8 Å². The van der Waals surface area contributed by atoms with Gasteiger partial charge in [-0.05, 0) is 50.6 Å². The maximum Gasteiger partial charge on any atom is 0.161 e. The van der Waals surface area contributed by atoms with E-state index in [4.69, 9.17) is 14.2 Å². The molecule has 1 saturated heterocycles. The van der Waals surface area contributed by atoms with E-state index in [1.54, 1.807) is 7.11 Å². The molecule has 1 aromatic rings. The predicted octanol–water partition coefficient (Wildman–Crippen LogP) is 2.01. The van der Waals surface area contributed by atoms with E-state index in [-0.39, 0.29) is 6.10 Å². The fourth-order valence-corrected chi connectivity index (χ4v) is 2.22. The number of benzene rings is 1. The normalized spacial score (nSPS) is 19.2. The average Bonchev–Trinajstić information content (AvgIpc) is 2.46. The van der Waals surface area contributed by atoms with Crippen molar-refractivity contribution in [1.82, 2.24) is 5.32 Å². The highest BCUT2D eigenvalue weighted by molar-refractivity contribution is 5.43. The van der Waals surface area contributed by atoms with Gasteiger partial charge in [-0.2, -0.15) is 0 Å². The zero-order chi connectivity index (χ0) is 13.5. The molecule has 1 fully saturated rings. The molecule has 0 bridgehead atoms. The molecule has 1 unspecified atom stereocenters. The maximum atomic E-state index is 6.03. The molecule has 1 atom stereocenters. The third kappa shape index (κ3) is 4.11. The molecular formula is C15H23NO3. The van der Waals surface area contributed by atoms with E-state index < -0.39 is 0 Å². The molecule has 2 rings (SSSR count). The number of likely N-dealkylation sites (N-methyl/N-ethyl adjacent to an activating group) is 1. The third-order valence-electron chi connectivity index (χ3n) is 3.30. The quantitative estimate of drug-likeness (QED) is 0.854. The number of hydrogen-bond acceptors (Lipinski definition) is 4. The molecule has 1 aromatic carbocycles. The van der Waals surface area contributed by atoms with Gasteiger partial charge in [0.15, 0.2) is 11.5 Å². The van der Waals surface area contributed by atoms with Crippen LogP contribution in [0.5, 0.6) is 11.5 Å². The first-order valence-electron chi connectivity index (χ1n) is 6.89. The van der Waals surface area contributed by atoms with Gasteiger partial charge in [0.05, 0.1) is 13.7 Å². The van der Waals surface area contributed by atoms with Crippen LogP contribution in [0, 0.1) is 0 Å². The van der Waals surface area contributed by atoms with Crippen LogP contribution in [0.1, 0.15) is 18.4 Å². The Morgan fingerprint density at radius 3 is 2.95 bits per heavy atom. The summed E-state index contributed by atoms with van der Waals surface area (Å²) in [4.78, 5) is 0. The van der Waals surface area contributed by atoms with Gasteiger partial charge in [0.2, 0.25) is 0 Å². The van der Waals surface area contributed by atoms with Crippen LogP contribution in [0.25, 0.3) is 0 Å². The van der Waals surface area contributed by atoms with Crippen molar-refractivity contribution in [3.05, 3.63) is 23.8 Å². The minimum Gasteiger partial charge on any atom is -0.493 e. The molecule has 1 heterocycles. The lowest BCUT2D eigenvalue weighted by molar-refractivity contribution is 0.00641. The first kappa shape index (κ1) is 14.2. The van der Waals surface area contributed by atoms with Crippen LogP contribution in [0.2, 0.25) is 0 Å². The fraction of sp³-hybridized carbons (Fsp3) is 0.600. The Balaban J connectivity index is 2.06. The fourth-order valence-electron chi connectivity index (χ4n) is 2.22. The Hall–Kier alpha value is -1.26. The highest BCUT2D eigenvalue weighted by atomic mass is 16.5. The summed E-state index contributed by atoms with van der Waals surface area (Å²) < 4.78 is 16.8. The van der Waals surface area contributed by atoms with Crippen molar-refractivity contribution in [2.24, 2.45) is 0 Å². The van der Waals surface area contributed by atoms with Gasteiger partial charge in [0.1, 0.15) is 6.10 Å². The highest BCUT2D eigenvalue weighted by Gasteiger charge is 2.17. The molecule has 4 heteroatoms. The van der Waals surface area contributed by atoms with Gasteiger partial charge in [-0.1, -0.05) is 6.07 Å². The minimum absolute atomic E-state index is 0.141. The molecule has 0 aromatic heterocycles. The van der Waals surface area contributed by atoms with Crippen molar-refractivity contribution in [3.8, 4) is 11.5 Å². The number of rotatable bonds is 6. The molecule has 4 nitrogen and oxygen atoms in total. The monoisotopic (exact) mass is 265 g/mol. The molecule has 0 radical (unpaired) electrons. The SMILES string of the molecule is CNCCc1ccc(OC)c(OC2CCCOC2)c1. The second kappa shape index (κ2) is 7.36. The summed E-state index contributed by atoms with van der Waals surface area (Å²) in [7, 11) is 3.63. The Bertz CT molecular complexity index is 389. The topological polar surface area (TPSA) is 39.7 Å².